The van der Waals surface area contributed by atoms with Gasteiger partial charge in [0.05, 0.1) is 10.4 Å². The Morgan fingerprint density at radius 1 is 1.57 bits per heavy atom. The van der Waals surface area contributed by atoms with E-state index in [1.165, 1.54) is 11.3 Å². The van der Waals surface area contributed by atoms with Gasteiger partial charge in [0.1, 0.15) is 0 Å². The molecule has 2 heterocycles. The second-order valence-corrected chi connectivity index (χ2v) is 4.74. The van der Waals surface area contributed by atoms with E-state index in [2.05, 4.69) is 4.98 Å². The van der Waals surface area contributed by atoms with Gasteiger partial charge in [0.15, 0.2) is 0 Å². The Bertz CT molecular complexity index is 485. The highest BCUT2D eigenvalue weighted by molar-refractivity contribution is 7.16. The Balaban J connectivity index is 2.38. The molecule has 0 amide bonds. The lowest BCUT2D eigenvalue weighted by Crippen LogP contribution is -2.19. The summed E-state index contributed by atoms with van der Waals surface area (Å²) in [6.07, 6.45) is 3.37. The molecular weight excluding hydrogens is 220 g/mol. The monoisotopic (exact) mass is 228 g/mol. The minimum atomic E-state index is -0.0953. The first-order valence-corrected chi connectivity index (χ1v) is 5.38. The van der Waals surface area contributed by atoms with Crippen molar-refractivity contribution < 1.29 is 0 Å². The predicted octanol–water partition coefficient (Wildman–Crippen LogP) is 2.50. The first-order chi connectivity index (χ1) is 6.68. The van der Waals surface area contributed by atoms with Crippen LogP contribution in [0.5, 0.6) is 0 Å². The molecule has 0 bridgehead atoms. The SMILES string of the molecule is CC(c1ccc(Cl)s1)n1cc[nH]c1=O. The van der Waals surface area contributed by atoms with E-state index in [0.717, 1.165) is 9.21 Å². The molecule has 2 aromatic heterocycles. The largest absolute Gasteiger partial charge is 0.326 e. The number of hydrogen-bond acceptors (Lipinski definition) is 2. The molecule has 1 atom stereocenters. The zero-order chi connectivity index (χ0) is 10.1. The molecule has 0 aliphatic rings. The van der Waals surface area contributed by atoms with E-state index in [1.54, 1.807) is 17.0 Å². The van der Waals surface area contributed by atoms with Crippen LogP contribution in [0.1, 0.15) is 17.8 Å². The molecule has 1 N–H and O–H groups in total. The lowest BCUT2D eigenvalue weighted by molar-refractivity contribution is 0.627. The fourth-order valence-corrected chi connectivity index (χ4v) is 2.44. The van der Waals surface area contributed by atoms with Crippen molar-refractivity contribution in [2.75, 3.05) is 0 Å². The second-order valence-electron chi connectivity index (χ2n) is 2.99. The Kier molecular flexibility index (Phi) is 2.48. The minimum absolute atomic E-state index is 0.0336. The summed E-state index contributed by atoms with van der Waals surface area (Å²) in [5.41, 5.74) is -0.0953. The minimum Gasteiger partial charge on any atom is -0.313 e. The van der Waals surface area contributed by atoms with Crippen molar-refractivity contribution in [3.63, 3.8) is 0 Å². The number of nitrogens with one attached hydrogen (secondary N) is 1. The summed E-state index contributed by atoms with van der Waals surface area (Å²) >= 11 is 7.32. The number of aromatic amines is 1. The number of rotatable bonds is 2. The van der Waals surface area contributed by atoms with E-state index in [-0.39, 0.29) is 11.7 Å². The van der Waals surface area contributed by atoms with Crippen LogP contribution in [0.3, 0.4) is 0 Å². The van der Waals surface area contributed by atoms with Crippen molar-refractivity contribution in [1.82, 2.24) is 9.55 Å². The molecule has 0 radical (unpaired) electrons. The highest BCUT2D eigenvalue weighted by Crippen LogP contribution is 2.28. The Hall–Kier alpha value is -1.00. The van der Waals surface area contributed by atoms with Gasteiger partial charge in [-0.25, -0.2) is 4.79 Å². The van der Waals surface area contributed by atoms with Crippen LogP contribution in [0.2, 0.25) is 4.34 Å². The molecule has 0 saturated heterocycles. The molecule has 3 nitrogen and oxygen atoms in total. The van der Waals surface area contributed by atoms with E-state index in [1.807, 2.05) is 19.1 Å². The smallest absolute Gasteiger partial charge is 0.313 e. The number of halogens is 1. The van der Waals surface area contributed by atoms with Crippen molar-refractivity contribution in [2.45, 2.75) is 13.0 Å². The van der Waals surface area contributed by atoms with Crippen molar-refractivity contribution in [3.05, 3.63) is 44.2 Å². The first kappa shape index (κ1) is 9.55. The highest BCUT2D eigenvalue weighted by Gasteiger charge is 2.11. The molecule has 2 aromatic rings. The summed E-state index contributed by atoms with van der Waals surface area (Å²) in [6, 6.07) is 3.82. The number of imidazole rings is 1. The molecule has 0 aromatic carbocycles. The van der Waals surface area contributed by atoms with Gasteiger partial charge in [0, 0.05) is 17.3 Å². The predicted molar refractivity (Wildman–Crippen MR) is 58.2 cm³/mol. The Labute approximate surface area is 90.0 Å². The van der Waals surface area contributed by atoms with Gasteiger partial charge in [-0.15, -0.1) is 11.3 Å². The second kappa shape index (κ2) is 3.63. The standard InChI is InChI=1S/C9H9ClN2OS/c1-6(7-2-3-8(10)14-7)12-5-4-11-9(12)13/h2-6H,1H3,(H,11,13). The van der Waals surface area contributed by atoms with Gasteiger partial charge in [0.2, 0.25) is 0 Å². The van der Waals surface area contributed by atoms with Crippen molar-refractivity contribution in [1.29, 1.82) is 0 Å². The lowest BCUT2D eigenvalue weighted by Gasteiger charge is -2.08. The molecule has 2 rings (SSSR count). The number of hydrogen-bond donors (Lipinski definition) is 1. The molecule has 74 valence electrons. The van der Waals surface area contributed by atoms with Crippen LogP contribution < -0.4 is 5.69 Å². The third-order valence-corrected chi connectivity index (χ3v) is 3.50. The number of aromatic nitrogens is 2. The maximum Gasteiger partial charge on any atom is 0.326 e. The first-order valence-electron chi connectivity index (χ1n) is 4.19. The number of H-pyrrole nitrogens is 1. The summed E-state index contributed by atoms with van der Waals surface area (Å²) < 4.78 is 2.39. The van der Waals surface area contributed by atoms with E-state index < -0.39 is 0 Å². The lowest BCUT2D eigenvalue weighted by atomic mass is 10.3. The average molecular weight is 229 g/mol. The van der Waals surface area contributed by atoms with Crippen LogP contribution in [-0.2, 0) is 0 Å². The molecule has 0 aliphatic carbocycles. The Morgan fingerprint density at radius 2 is 2.36 bits per heavy atom. The molecule has 0 saturated carbocycles. The molecule has 0 aliphatic heterocycles. The summed E-state index contributed by atoms with van der Waals surface area (Å²) in [5, 5.41) is 0. The van der Waals surface area contributed by atoms with Crippen molar-refractivity contribution in [3.8, 4) is 0 Å². The summed E-state index contributed by atoms with van der Waals surface area (Å²) in [7, 11) is 0. The third kappa shape index (κ3) is 1.63. The maximum absolute atomic E-state index is 11.3. The van der Waals surface area contributed by atoms with Gasteiger partial charge < -0.3 is 4.98 Å². The van der Waals surface area contributed by atoms with E-state index in [9.17, 15) is 4.79 Å². The molecule has 5 heteroatoms. The van der Waals surface area contributed by atoms with Crippen LogP contribution >= 0.6 is 22.9 Å². The quantitative estimate of drug-likeness (QED) is 0.843. The Morgan fingerprint density at radius 3 is 2.86 bits per heavy atom. The van der Waals surface area contributed by atoms with E-state index in [4.69, 9.17) is 11.6 Å². The van der Waals surface area contributed by atoms with Crippen LogP contribution in [0.4, 0.5) is 0 Å². The molecule has 14 heavy (non-hydrogen) atoms. The molecule has 0 spiro atoms. The number of nitrogens with zero attached hydrogens (tertiary/aromatic N) is 1. The zero-order valence-electron chi connectivity index (χ0n) is 7.53. The van der Waals surface area contributed by atoms with Crippen LogP contribution in [0, 0.1) is 0 Å². The summed E-state index contributed by atoms with van der Waals surface area (Å²) in [6.45, 7) is 1.97. The van der Waals surface area contributed by atoms with Gasteiger partial charge in [0.25, 0.3) is 0 Å². The van der Waals surface area contributed by atoms with Crippen LogP contribution in [0.25, 0.3) is 0 Å². The fourth-order valence-electron chi connectivity index (χ4n) is 1.33. The molecule has 1 unspecified atom stereocenters. The normalized spacial score (nSPS) is 13.0. The number of thiophene rings is 1. The van der Waals surface area contributed by atoms with Gasteiger partial charge in [-0.05, 0) is 19.1 Å². The van der Waals surface area contributed by atoms with Crippen LogP contribution in [0.15, 0.2) is 29.3 Å². The average Bonchev–Trinajstić information content (AvgIpc) is 2.73. The van der Waals surface area contributed by atoms with Crippen molar-refractivity contribution >= 4 is 22.9 Å². The van der Waals surface area contributed by atoms with E-state index in [0.29, 0.717) is 0 Å². The van der Waals surface area contributed by atoms with Gasteiger partial charge in [-0.3, -0.25) is 4.57 Å². The van der Waals surface area contributed by atoms with Crippen LogP contribution in [-0.4, -0.2) is 9.55 Å². The highest BCUT2D eigenvalue weighted by atomic mass is 35.5. The maximum atomic E-state index is 11.3. The zero-order valence-corrected chi connectivity index (χ0v) is 9.10. The summed E-state index contributed by atoms with van der Waals surface area (Å²) in [5.74, 6) is 0. The topological polar surface area (TPSA) is 37.8 Å². The molecular formula is C9H9ClN2OS. The van der Waals surface area contributed by atoms with Gasteiger partial charge in [-0.1, -0.05) is 11.6 Å². The van der Waals surface area contributed by atoms with Gasteiger partial charge >= 0.3 is 5.69 Å². The molecule has 0 fully saturated rings. The fraction of sp³-hybridized carbons (Fsp3) is 0.222. The van der Waals surface area contributed by atoms with E-state index >= 15 is 0 Å². The van der Waals surface area contributed by atoms with Gasteiger partial charge in [-0.2, -0.15) is 0 Å². The van der Waals surface area contributed by atoms with Crippen molar-refractivity contribution in [2.24, 2.45) is 0 Å². The third-order valence-electron chi connectivity index (χ3n) is 2.10. The summed E-state index contributed by atoms with van der Waals surface area (Å²) in [4.78, 5) is 15.0.